The summed E-state index contributed by atoms with van der Waals surface area (Å²) in [7, 11) is 0. The minimum Gasteiger partial charge on any atom is -0.449 e. The van der Waals surface area contributed by atoms with Gasteiger partial charge in [0, 0.05) is 39.9 Å². The van der Waals surface area contributed by atoms with Crippen molar-refractivity contribution in [3.63, 3.8) is 0 Å². The zero-order valence-corrected chi connectivity index (χ0v) is 34.1. The second kappa shape index (κ2) is 15.0. The van der Waals surface area contributed by atoms with Gasteiger partial charge in [0.15, 0.2) is 34.6 Å². The summed E-state index contributed by atoms with van der Waals surface area (Å²) >= 11 is 0. The molecule has 1 atom stereocenters. The maximum absolute atomic E-state index is 7.09. The van der Waals surface area contributed by atoms with E-state index in [2.05, 4.69) is 157 Å². The summed E-state index contributed by atoms with van der Waals surface area (Å²) in [6.45, 7) is 0. The minimum absolute atomic E-state index is 0.00808. The van der Waals surface area contributed by atoms with Gasteiger partial charge >= 0.3 is 0 Å². The number of pyridine rings is 1. The quantitative estimate of drug-likeness (QED) is 0.160. The molecule has 0 saturated carbocycles. The van der Waals surface area contributed by atoms with Gasteiger partial charge in [-0.1, -0.05) is 176 Å². The third kappa shape index (κ3) is 6.02. The second-order valence-corrected chi connectivity index (χ2v) is 16.0. The highest BCUT2D eigenvalue weighted by Gasteiger charge is 2.48. The Morgan fingerprint density at radius 1 is 0.476 bits per heavy atom. The van der Waals surface area contributed by atoms with Crippen LogP contribution < -0.4 is 9.47 Å². The maximum atomic E-state index is 7.09. The van der Waals surface area contributed by atoms with Crippen LogP contribution in [0, 0.1) is 0 Å². The van der Waals surface area contributed by atoms with Crippen LogP contribution in [-0.2, 0) is 5.41 Å². The molecular formula is C57H38N4O2. The lowest BCUT2D eigenvalue weighted by atomic mass is 9.68. The maximum Gasteiger partial charge on any atom is 0.178 e. The molecule has 1 aliphatic heterocycles. The van der Waals surface area contributed by atoms with E-state index in [1.54, 1.807) is 0 Å². The molecule has 3 aliphatic rings. The first-order valence-corrected chi connectivity index (χ1v) is 21.3. The van der Waals surface area contributed by atoms with Crippen LogP contribution in [0.15, 0.2) is 212 Å². The summed E-state index contributed by atoms with van der Waals surface area (Å²) in [6, 6.07) is 63.1. The Bertz CT molecular complexity index is 3230. The SMILES string of the molecule is C1=CCC(c2nc(-c3cccc(-c4ccccn4)c3)nc(-c3ccccc3-c3cccc4c3Oc3ccc5c(c3O4)-c3ccccc3C5(c3ccccc3)c3ccccc3)n2)C=C1. The number of rotatable bonds is 7. The molecule has 1 unspecified atom stereocenters. The summed E-state index contributed by atoms with van der Waals surface area (Å²) in [5.74, 6) is 4.55. The number of allylic oxidation sites excluding steroid dienone is 4. The van der Waals surface area contributed by atoms with Crippen LogP contribution in [0.2, 0.25) is 0 Å². The normalized spacial score (nSPS) is 15.0. The van der Waals surface area contributed by atoms with Crippen molar-refractivity contribution in [2.45, 2.75) is 17.8 Å². The van der Waals surface area contributed by atoms with Crippen LogP contribution in [-0.4, -0.2) is 19.9 Å². The van der Waals surface area contributed by atoms with Gasteiger partial charge in [-0.2, -0.15) is 0 Å². The van der Waals surface area contributed by atoms with Crippen molar-refractivity contribution < 1.29 is 9.47 Å². The molecule has 7 aromatic carbocycles. The van der Waals surface area contributed by atoms with E-state index in [-0.39, 0.29) is 5.92 Å². The topological polar surface area (TPSA) is 70.0 Å². The van der Waals surface area contributed by atoms with E-state index >= 15 is 0 Å². The van der Waals surface area contributed by atoms with E-state index in [0.29, 0.717) is 40.5 Å². The smallest absolute Gasteiger partial charge is 0.178 e. The van der Waals surface area contributed by atoms with E-state index in [4.69, 9.17) is 24.4 Å². The lowest BCUT2D eigenvalue weighted by Gasteiger charge is -2.34. The molecule has 12 rings (SSSR count). The number of fused-ring (bicyclic) bond motifs is 6. The van der Waals surface area contributed by atoms with Gasteiger partial charge in [-0.05, 0) is 70.1 Å². The van der Waals surface area contributed by atoms with E-state index in [0.717, 1.165) is 56.6 Å². The molecule has 6 nitrogen and oxygen atoms in total. The molecule has 9 aromatic rings. The summed E-state index contributed by atoms with van der Waals surface area (Å²) in [5, 5.41) is 0. The summed E-state index contributed by atoms with van der Waals surface area (Å²) in [5.41, 5.74) is 11.8. The Labute approximate surface area is 365 Å². The number of ether oxygens (including phenoxy) is 2. The van der Waals surface area contributed by atoms with Crippen LogP contribution >= 0.6 is 0 Å². The van der Waals surface area contributed by atoms with Crippen molar-refractivity contribution in [2.24, 2.45) is 0 Å². The van der Waals surface area contributed by atoms with Gasteiger partial charge in [0.25, 0.3) is 0 Å². The Balaban J connectivity index is 0.987. The molecule has 2 aliphatic carbocycles. The molecule has 63 heavy (non-hydrogen) atoms. The van der Waals surface area contributed by atoms with E-state index in [1.165, 1.54) is 16.7 Å². The highest BCUT2D eigenvalue weighted by Crippen LogP contribution is 2.63. The van der Waals surface area contributed by atoms with Crippen molar-refractivity contribution >= 4 is 0 Å². The monoisotopic (exact) mass is 810 g/mol. The molecule has 3 heterocycles. The molecule has 298 valence electrons. The summed E-state index contributed by atoms with van der Waals surface area (Å²) < 4.78 is 14.1. The molecule has 0 amide bonds. The Kier molecular flexibility index (Phi) is 8.75. The lowest BCUT2D eigenvalue weighted by Crippen LogP contribution is -2.28. The number of benzene rings is 7. The molecule has 0 bridgehead atoms. The van der Waals surface area contributed by atoms with Crippen molar-refractivity contribution in [3.05, 3.63) is 241 Å². The van der Waals surface area contributed by atoms with Gasteiger partial charge in [0.2, 0.25) is 0 Å². The van der Waals surface area contributed by atoms with Crippen molar-refractivity contribution in [3.8, 4) is 79.3 Å². The van der Waals surface area contributed by atoms with Crippen molar-refractivity contribution in [1.29, 1.82) is 0 Å². The lowest BCUT2D eigenvalue weighted by molar-refractivity contribution is 0.361. The van der Waals surface area contributed by atoms with Crippen molar-refractivity contribution in [2.75, 3.05) is 0 Å². The highest BCUT2D eigenvalue weighted by atomic mass is 16.6. The highest BCUT2D eigenvalue weighted by molar-refractivity contribution is 5.93. The average Bonchev–Trinajstić information content (AvgIpc) is 3.68. The zero-order chi connectivity index (χ0) is 41.7. The largest absolute Gasteiger partial charge is 0.449 e. The van der Waals surface area contributed by atoms with Crippen LogP contribution in [0.4, 0.5) is 0 Å². The predicted octanol–water partition coefficient (Wildman–Crippen LogP) is 13.8. The predicted molar refractivity (Wildman–Crippen MR) is 249 cm³/mol. The van der Waals surface area contributed by atoms with Gasteiger partial charge in [-0.25, -0.2) is 15.0 Å². The summed E-state index contributed by atoms with van der Waals surface area (Å²) in [4.78, 5) is 20.1. The molecule has 2 aromatic heterocycles. The van der Waals surface area contributed by atoms with Crippen LogP contribution in [0.3, 0.4) is 0 Å². The van der Waals surface area contributed by atoms with Crippen LogP contribution in [0.1, 0.15) is 40.4 Å². The molecule has 6 heteroatoms. The Morgan fingerprint density at radius 3 is 1.92 bits per heavy atom. The van der Waals surface area contributed by atoms with E-state index in [1.807, 2.05) is 60.8 Å². The van der Waals surface area contributed by atoms with Gasteiger partial charge in [0.1, 0.15) is 5.82 Å². The fourth-order valence-electron chi connectivity index (χ4n) is 9.64. The number of para-hydroxylation sites is 1. The Hall–Kier alpha value is -8.22. The number of hydrogen-bond acceptors (Lipinski definition) is 6. The van der Waals surface area contributed by atoms with E-state index < -0.39 is 5.41 Å². The fourth-order valence-corrected chi connectivity index (χ4v) is 9.64. The van der Waals surface area contributed by atoms with Gasteiger partial charge < -0.3 is 9.47 Å². The number of hydrogen-bond donors (Lipinski definition) is 0. The molecular weight excluding hydrogens is 773 g/mol. The zero-order valence-electron chi connectivity index (χ0n) is 34.1. The first-order valence-electron chi connectivity index (χ1n) is 21.3. The first kappa shape index (κ1) is 36.6. The van der Waals surface area contributed by atoms with Gasteiger partial charge in [0.05, 0.1) is 11.1 Å². The molecule has 0 radical (unpaired) electrons. The van der Waals surface area contributed by atoms with Crippen LogP contribution in [0.25, 0.3) is 56.3 Å². The molecule has 0 N–H and O–H groups in total. The van der Waals surface area contributed by atoms with Gasteiger partial charge in [-0.15, -0.1) is 0 Å². The number of aromatic nitrogens is 4. The van der Waals surface area contributed by atoms with Crippen LogP contribution in [0.5, 0.6) is 23.0 Å². The minimum atomic E-state index is -0.556. The molecule has 0 spiro atoms. The van der Waals surface area contributed by atoms with Gasteiger partial charge in [-0.3, -0.25) is 4.98 Å². The first-order chi connectivity index (χ1) is 31.2. The average molecular weight is 811 g/mol. The number of nitrogens with zero attached hydrogens (tertiary/aromatic N) is 4. The standard InChI is InChI=1S/C57H38N4O2/c1-4-18-37(19-5-1)54-59-55(39-21-16-20-38(36-39)48-31-14-15-35-58-48)61-56(60-54)44-27-11-10-26-42(44)43-29-17-32-49-52(43)62-50-34-33-47-51(53(50)63-49)45-28-12-13-30-46(45)57(47,40-22-6-2-7-23-40)41-24-8-3-9-25-41/h1-18,20-37H,19H2. The Morgan fingerprint density at radius 2 is 1.14 bits per heavy atom. The van der Waals surface area contributed by atoms with Crippen molar-refractivity contribution in [1.82, 2.24) is 19.9 Å². The third-order valence-electron chi connectivity index (χ3n) is 12.4. The van der Waals surface area contributed by atoms with E-state index in [9.17, 15) is 0 Å². The summed E-state index contributed by atoms with van der Waals surface area (Å²) in [6.07, 6.45) is 11.1. The molecule has 0 fully saturated rings. The third-order valence-corrected chi connectivity index (χ3v) is 12.4. The second-order valence-electron chi connectivity index (χ2n) is 16.0. The molecule has 0 saturated heterocycles. The fraction of sp³-hybridized carbons (Fsp3) is 0.0526.